The van der Waals surface area contributed by atoms with Crippen LogP contribution in [0.15, 0.2) is 0 Å². The van der Waals surface area contributed by atoms with Crippen molar-refractivity contribution in [3.63, 3.8) is 0 Å². The quantitative estimate of drug-likeness (QED) is 0.702. The van der Waals surface area contributed by atoms with E-state index in [2.05, 4.69) is 11.8 Å². The van der Waals surface area contributed by atoms with Gasteiger partial charge >= 0.3 is 0 Å². The molecule has 1 aliphatic heterocycles. The molecule has 6 aliphatic rings. The van der Waals surface area contributed by atoms with Crippen LogP contribution in [0.1, 0.15) is 39.0 Å². The summed E-state index contributed by atoms with van der Waals surface area (Å²) < 4.78 is 18.0. The van der Waals surface area contributed by atoms with Crippen LogP contribution in [0.3, 0.4) is 0 Å². The second kappa shape index (κ2) is 6.42. The van der Waals surface area contributed by atoms with E-state index in [1.807, 2.05) is 14.2 Å². The number of ether oxygens (including phenoxy) is 3. The molecule has 1 saturated heterocycles. The van der Waals surface area contributed by atoms with Gasteiger partial charge in [-0.2, -0.15) is 0 Å². The Hall–Kier alpha value is -0.240. The summed E-state index contributed by atoms with van der Waals surface area (Å²) in [6.45, 7) is 5.11. The Morgan fingerprint density at radius 2 is 1.90 bits per heavy atom. The molecule has 5 aliphatic carbocycles. The second-order valence-corrected chi connectivity index (χ2v) is 11.5. The van der Waals surface area contributed by atoms with Crippen LogP contribution in [0.25, 0.3) is 0 Å². The van der Waals surface area contributed by atoms with Gasteiger partial charge in [-0.3, -0.25) is 4.90 Å². The van der Waals surface area contributed by atoms with E-state index in [0.717, 1.165) is 45.4 Å². The zero-order valence-electron chi connectivity index (χ0n) is 18.9. The molecule has 30 heavy (non-hydrogen) atoms. The molecule has 1 heterocycles. The van der Waals surface area contributed by atoms with Crippen LogP contribution in [0.2, 0.25) is 0 Å². The van der Waals surface area contributed by atoms with Gasteiger partial charge in [0.25, 0.3) is 0 Å². The minimum Gasteiger partial charge on any atom is -0.392 e. The Kier molecular flexibility index (Phi) is 4.36. The van der Waals surface area contributed by atoms with Gasteiger partial charge in [0.2, 0.25) is 0 Å². The van der Waals surface area contributed by atoms with E-state index in [9.17, 15) is 10.2 Å². The minimum absolute atomic E-state index is 0.000283. The van der Waals surface area contributed by atoms with Gasteiger partial charge in [-0.1, -0.05) is 6.92 Å². The molecule has 0 unspecified atom stereocenters. The van der Waals surface area contributed by atoms with Crippen LogP contribution in [-0.4, -0.2) is 86.1 Å². The summed E-state index contributed by atoms with van der Waals surface area (Å²) in [5.74, 6) is 1.03. The summed E-state index contributed by atoms with van der Waals surface area (Å²) >= 11 is 0. The Bertz CT molecular complexity index is 720. The first-order valence-electron chi connectivity index (χ1n) is 12.1. The van der Waals surface area contributed by atoms with Crippen LogP contribution in [0.5, 0.6) is 0 Å². The molecular formula is C24H39NO5. The largest absolute Gasteiger partial charge is 0.392 e. The van der Waals surface area contributed by atoms with Crippen molar-refractivity contribution >= 4 is 0 Å². The SMILES string of the molecule is CCN1C[C@@]2(COC)CC[C@H](OC)[C@@]34[C@@H]5C[C@H]6[C@H](O)[C@@H]5[C@](O)(C[C@@H]6OC)[C@@H](C[C@H]23)[C@@H]14. The molecule has 1 spiro atoms. The van der Waals surface area contributed by atoms with Crippen LogP contribution >= 0.6 is 0 Å². The predicted octanol–water partition coefficient (Wildman–Crippen LogP) is 1.53. The molecule has 0 aromatic carbocycles. The topological polar surface area (TPSA) is 71.4 Å². The molecule has 170 valence electrons. The first kappa shape index (κ1) is 20.4. The number of hydrogen-bond donors (Lipinski definition) is 2. The summed E-state index contributed by atoms with van der Waals surface area (Å²) in [4.78, 5) is 2.67. The van der Waals surface area contributed by atoms with Crippen molar-refractivity contribution in [2.75, 3.05) is 41.0 Å². The maximum absolute atomic E-state index is 12.4. The fourth-order valence-corrected chi connectivity index (χ4v) is 10.7. The average molecular weight is 422 g/mol. The van der Waals surface area contributed by atoms with Crippen LogP contribution in [-0.2, 0) is 14.2 Å². The molecule has 6 rings (SSSR count). The van der Waals surface area contributed by atoms with Crippen LogP contribution in [0.4, 0.5) is 0 Å². The molecule has 0 aromatic rings. The van der Waals surface area contributed by atoms with Gasteiger partial charge in [0, 0.05) is 68.9 Å². The molecule has 7 bridgehead atoms. The van der Waals surface area contributed by atoms with Gasteiger partial charge < -0.3 is 24.4 Å². The molecule has 0 radical (unpaired) electrons. The van der Waals surface area contributed by atoms with Gasteiger partial charge in [-0.05, 0) is 44.1 Å². The Morgan fingerprint density at radius 1 is 1.10 bits per heavy atom. The van der Waals surface area contributed by atoms with Gasteiger partial charge in [0.15, 0.2) is 0 Å². The summed E-state index contributed by atoms with van der Waals surface area (Å²) in [6.07, 6.45) is 4.52. The molecular weight excluding hydrogens is 382 g/mol. The van der Waals surface area contributed by atoms with Crippen molar-refractivity contribution in [2.24, 2.45) is 40.4 Å². The summed E-state index contributed by atoms with van der Waals surface area (Å²) in [6, 6.07) is 0.329. The van der Waals surface area contributed by atoms with E-state index in [4.69, 9.17) is 14.2 Å². The summed E-state index contributed by atoms with van der Waals surface area (Å²) in [5, 5.41) is 23.8. The van der Waals surface area contributed by atoms with Crippen molar-refractivity contribution in [2.45, 2.75) is 69.0 Å². The number of nitrogens with zero attached hydrogens (tertiary/aromatic N) is 1. The van der Waals surface area contributed by atoms with Crippen LogP contribution < -0.4 is 0 Å². The van der Waals surface area contributed by atoms with Crippen molar-refractivity contribution in [3.8, 4) is 0 Å². The lowest BCUT2D eigenvalue weighted by Gasteiger charge is -2.69. The average Bonchev–Trinajstić information content (AvgIpc) is 3.15. The number of likely N-dealkylation sites (tertiary alicyclic amines) is 1. The first-order chi connectivity index (χ1) is 14.4. The van der Waals surface area contributed by atoms with Gasteiger partial charge in [0.05, 0.1) is 30.5 Å². The van der Waals surface area contributed by atoms with Crippen molar-refractivity contribution in [3.05, 3.63) is 0 Å². The number of piperidine rings is 1. The number of rotatable bonds is 5. The monoisotopic (exact) mass is 421 g/mol. The lowest BCUT2D eigenvalue weighted by atomic mass is 9.43. The zero-order valence-corrected chi connectivity index (χ0v) is 18.9. The molecule has 6 nitrogen and oxygen atoms in total. The first-order valence-corrected chi connectivity index (χ1v) is 12.1. The third-order valence-corrected chi connectivity index (χ3v) is 11.2. The van der Waals surface area contributed by atoms with Crippen molar-refractivity contribution < 1.29 is 24.4 Å². The van der Waals surface area contributed by atoms with Gasteiger partial charge in [-0.15, -0.1) is 0 Å². The standard InChI is InChI=1S/C24H39NO5/c1-5-25-11-22(12-28-2)7-6-18(30-4)24-14-8-13-16(29-3)10-23(27,19(14)20(13)26)15(21(24)25)9-17(22)24/h13-21,26-27H,5-12H2,1-4H3/t13-,14-,15+,16+,17-,18+,19-,20+,21-,22-,23+,24-/m1/s1. The maximum atomic E-state index is 12.4. The van der Waals surface area contributed by atoms with Gasteiger partial charge in [-0.25, -0.2) is 0 Å². The molecule has 12 atom stereocenters. The molecule has 5 saturated carbocycles. The molecule has 0 amide bonds. The predicted molar refractivity (Wildman–Crippen MR) is 111 cm³/mol. The highest BCUT2D eigenvalue weighted by atomic mass is 16.5. The van der Waals surface area contributed by atoms with Gasteiger partial charge in [0.1, 0.15) is 0 Å². The second-order valence-electron chi connectivity index (χ2n) is 11.5. The lowest BCUT2D eigenvalue weighted by molar-refractivity contribution is -0.276. The molecule has 2 N–H and O–H groups in total. The highest BCUT2D eigenvalue weighted by molar-refractivity contribution is 5.33. The molecule has 6 heteroatoms. The Morgan fingerprint density at radius 3 is 2.57 bits per heavy atom. The fourth-order valence-electron chi connectivity index (χ4n) is 10.7. The highest BCUT2D eigenvalue weighted by Crippen LogP contribution is 2.79. The van der Waals surface area contributed by atoms with E-state index in [-0.39, 0.29) is 46.7 Å². The third-order valence-electron chi connectivity index (χ3n) is 11.2. The van der Waals surface area contributed by atoms with E-state index in [0.29, 0.717) is 18.4 Å². The van der Waals surface area contributed by atoms with Crippen molar-refractivity contribution in [1.82, 2.24) is 4.90 Å². The number of hydrogen-bond acceptors (Lipinski definition) is 6. The van der Waals surface area contributed by atoms with Crippen molar-refractivity contribution in [1.29, 1.82) is 0 Å². The number of aliphatic hydroxyl groups excluding tert-OH is 1. The number of aliphatic hydroxyl groups is 2. The smallest absolute Gasteiger partial charge is 0.0771 e. The summed E-state index contributed by atoms with van der Waals surface area (Å²) in [5.41, 5.74) is -0.719. The van der Waals surface area contributed by atoms with E-state index >= 15 is 0 Å². The maximum Gasteiger partial charge on any atom is 0.0771 e. The number of fused-ring (bicyclic) bond motifs is 2. The number of methoxy groups -OCH3 is 3. The lowest BCUT2D eigenvalue weighted by Crippen LogP contribution is -2.76. The molecule has 0 aromatic heterocycles. The minimum atomic E-state index is -0.847. The normalized spacial score (nSPS) is 60.8. The van der Waals surface area contributed by atoms with E-state index < -0.39 is 11.7 Å². The third kappa shape index (κ3) is 2.00. The fraction of sp³-hybridized carbons (Fsp3) is 1.00. The zero-order chi connectivity index (χ0) is 21.1. The Labute approximate surface area is 180 Å². The molecule has 6 fully saturated rings. The summed E-state index contributed by atoms with van der Waals surface area (Å²) in [7, 11) is 5.48. The van der Waals surface area contributed by atoms with Crippen LogP contribution in [0, 0.1) is 40.4 Å². The Balaban J connectivity index is 1.58. The van der Waals surface area contributed by atoms with E-state index in [1.54, 1.807) is 7.11 Å². The van der Waals surface area contributed by atoms with E-state index in [1.165, 1.54) is 0 Å². The highest BCUT2D eigenvalue weighted by Gasteiger charge is 2.83.